The fourth-order valence-corrected chi connectivity index (χ4v) is 6.95. The smallest absolute Gasteiger partial charge is 0.325 e. The number of ether oxygens (including phenoxy) is 2. The number of hydrogen-bond donors (Lipinski definition) is 2. The molecule has 11 heteroatoms. The summed E-state index contributed by atoms with van der Waals surface area (Å²) >= 11 is 0. The Hall–Kier alpha value is -2.89. The minimum atomic E-state index is -2.90. The van der Waals surface area contributed by atoms with Gasteiger partial charge in [-0.25, -0.2) is 18.2 Å². The van der Waals surface area contributed by atoms with E-state index >= 15 is 13.2 Å². The zero-order valence-electron chi connectivity index (χ0n) is 26.0. The molecule has 0 radical (unpaired) electrons. The third-order valence-electron chi connectivity index (χ3n) is 9.69. The summed E-state index contributed by atoms with van der Waals surface area (Å²) in [4.78, 5) is 20.7. The van der Waals surface area contributed by atoms with Crippen LogP contribution in [-0.2, 0) is 27.8 Å². The van der Waals surface area contributed by atoms with Crippen LogP contribution >= 0.6 is 0 Å². The third kappa shape index (κ3) is 7.32. The summed E-state index contributed by atoms with van der Waals surface area (Å²) in [6, 6.07) is 5.74. The van der Waals surface area contributed by atoms with E-state index in [4.69, 9.17) is 9.47 Å². The summed E-state index contributed by atoms with van der Waals surface area (Å²) in [5.74, 6) is -3.86. The maximum Gasteiger partial charge on any atom is 0.325 e. The van der Waals surface area contributed by atoms with Crippen molar-refractivity contribution >= 4 is 11.8 Å². The SMILES string of the molecule is COc1c(F)cc(C2(C)CCOCC2)cc1[C@@H](C(=O)O)N1CC[C@@H](N(C)CC(F)(F)CCCc2ccc3c(n2)NCCC3)C1. The van der Waals surface area contributed by atoms with Crippen LogP contribution in [0.4, 0.5) is 19.0 Å². The first kappa shape index (κ1) is 32.5. The molecule has 242 valence electrons. The lowest BCUT2D eigenvalue weighted by atomic mass is 9.75. The quantitative estimate of drug-likeness (QED) is 0.325. The Balaban J connectivity index is 1.22. The number of carboxylic acid groups (broad SMARTS) is 1. The maximum atomic E-state index is 15.4. The molecular formula is C33H45F3N4O4. The van der Waals surface area contributed by atoms with E-state index in [2.05, 4.69) is 10.3 Å². The Kier molecular flexibility index (Phi) is 10.1. The monoisotopic (exact) mass is 618 g/mol. The van der Waals surface area contributed by atoms with Crippen molar-refractivity contribution in [2.24, 2.45) is 0 Å². The van der Waals surface area contributed by atoms with Crippen LogP contribution in [0.5, 0.6) is 5.75 Å². The summed E-state index contributed by atoms with van der Waals surface area (Å²) in [6.45, 7) is 4.26. The molecule has 2 saturated heterocycles. The molecule has 0 bridgehead atoms. The molecule has 5 rings (SSSR count). The maximum absolute atomic E-state index is 15.4. The van der Waals surface area contributed by atoms with Crippen molar-refractivity contribution in [3.05, 3.63) is 52.5 Å². The lowest BCUT2D eigenvalue weighted by Crippen LogP contribution is -2.43. The van der Waals surface area contributed by atoms with Crippen molar-refractivity contribution in [1.82, 2.24) is 14.8 Å². The highest BCUT2D eigenvalue weighted by Crippen LogP contribution is 2.41. The molecule has 4 heterocycles. The van der Waals surface area contributed by atoms with Gasteiger partial charge in [-0.15, -0.1) is 0 Å². The van der Waals surface area contributed by atoms with Gasteiger partial charge >= 0.3 is 5.97 Å². The van der Waals surface area contributed by atoms with Crippen LogP contribution in [0.1, 0.15) is 73.9 Å². The number of aromatic nitrogens is 1. The Morgan fingerprint density at radius 2 is 2.09 bits per heavy atom. The number of rotatable bonds is 12. The van der Waals surface area contributed by atoms with E-state index in [-0.39, 0.29) is 35.7 Å². The predicted molar refractivity (Wildman–Crippen MR) is 162 cm³/mol. The number of likely N-dealkylation sites (tertiary alicyclic amines) is 1. The van der Waals surface area contributed by atoms with E-state index in [1.165, 1.54) is 18.7 Å². The van der Waals surface area contributed by atoms with Gasteiger partial charge in [-0.2, -0.15) is 0 Å². The molecule has 0 amide bonds. The summed E-state index contributed by atoms with van der Waals surface area (Å²) < 4.78 is 56.4. The van der Waals surface area contributed by atoms with Crippen molar-refractivity contribution < 1.29 is 32.5 Å². The van der Waals surface area contributed by atoms with Gasteiger partial charge in [0.05, 0.1) is 13.7 Å². The van der Waals surface area contributed by atoms with E-state index in [1.54, 1.807) is 22.9 Å². The highest BCUT2D eigenvalue weighted by Gasteiger charge is 2.41. The number of methoxy groups -OCH3 is 1. The second-order valence-corrected chi connectivity index (χ2v) is 12.9. The molecule has 0 aliphatic carbocycles. The van der Waals surface area contributed by atoms with Gasteiger partial charge in [0.2, 0.25) is 0 Å². The van der Waals surface area contributed by atoms with Gasteiger partial charge in [0.15, 0.2) is 11.6 Å². The van der Waals surface area contributed by atoms with Crippen molar-refractivity contribution in [1.29, 1.82) is 0 Å². The number of halogens is 3. The summed E-state index contributed by atoms with van der Waals surface area (Å²) in [6.07, 6.45) is 4.51. The number of nitrogens with zero attached hydrogens (tertiary/aromatic N) is 3. The van der Waals surface area contributed by atoms with Gasteiger partial charge in [0.1, 0.15) is 11.9 Å². The van der Waals surface area contributed by atoms with E-state index in [1.807, 2.05) is 19.1 Å². The molecule has 3 aliphatic rings. The zero-order valence-corrected chi connectivity index (χ0v) is 26.0. The molecule has 8 nitrogen and oxygen atoms in total. The largest absolute Gasteiger partial charge is 0.493 e. The van der Waals surface area contributed by atoms with Crippen LogP contribution in [0, 0.1) is 5.82 Å². The van der Waals surface area contributed by atoms with Crippen LogP contribution in [0.15, 0.2) is 24.3 Å². The van der Waals surface area contributed by atoms with E-state index < -0.39 is 30.3 Å². The minimum absolute atomic E-state index is 0.0932. The van der Waals surface area contributed by atoms with Gasteiger partial charge in [-0.05, 0) is 86.7 Å². The fourth-order valence-electron chi connectivity index (χ4n) is 6.95. The number of nitrogens with one attached hydrogen (secondary N) is 1. The normalized spacial score (nSPS) is 21.1. The second-order valence-electron chi connectivity index (χ2n) is 12.9. The molecule has 3 aliphatic heterocycles. The fraction of sp³-hybridized carbons (Fsp3) is 0.636. The first-order valence-electron chi connectivity index (χ1n) is 15.7. The van der Waals surface area contributed by atoms with Crippen LogP contribution in [0.2, 0.25) is 0 Å². The Morgan fingerprint density at radius 1 is 1.32 bits per heavy atom. The minimum Gasteiger partial charge on any atom is -0.493 e. The lowest BCUT2D eigenvalue weighted by molar-refractivity contribution is -0.143. The van der Waals surface area contributed by atoms with Gasteiger partial charge in [-0.3, -0.25) is 14.6 Å². The van der Waals surface area contributed by atoms with Crippen molar-refractivity contribution in [3.63, 3.8) is 0 Å². The molecule has 0 saturated carbocycles. The number of pyridine rings is 1. The lowest BCUT2D eigenvalue weighted by Gasteiger charge is -2.35. The number of aryl methyl sites for hydroxylation is 2. The molecule has 1 aromatic carbocycles. The van der Waals surface area contributed by atoms with Gasteiger partial charge in [-0.1, -0.05) is 13.0 Å². The molecule has 0 spiro atoms. The van der Waals surface area contributed by atoms with Crippen molar-refractivity contribution in [2.45, 2.75) is 81.7 Å². The number of hydrogen-bond acceptors (Lipinski definition) is 7. The van der Waals surface area contributed by atoms with E-state index in [9.17, 15) is 9.90 Å². The summed E-state index contributed by atoms with van der Waals surface area (Å²) in [5, 5.41) is 13.6. The number of fused-ring (bicyclic) bond motifs is 1. The average molecular weight is 619 g/mol. The van der Waals surface area contributed by atoms with Gasteiger partial charge in [0.25, 0.3) is 5.92 Å². The van der Waals surface area contributed by atoms with Crippen LogP contribution < -0.4 is 10.1 Å². The van der Waals surface area contributed by atoms with Crippen LogP contribution in [0.3, 0.4) is 0 Å². The standard InChI is InChI=1S/C33H45F3N4O4/c1-32(12-16-44-17-13-32)23-18-26(29(43-3)27(34)19-23)28(31(41)42)40-15-10-25(20-40)39(2)21-33(35,36)11-4-7-24-9-8-22-6-5-14-37-30(22)38-24/h8-9,18-19,25,28H,4-7,10-17,20-21H2,1-3H3,(H,37,38)(H,41,42)/t25-,28+/m1/s1. The molecule has 44 heavy (non-hydrogen) atoms. The number of anilines is 1. The van der Waals surface area contributed by atoms with Crippen LogP contribution in [0.25, 0.3) is 0 Å². The summed E-state index contributed by atoms with van der Waals surface area (Å²) in [5.41, 5.74) is 2.61. The number of likely N-dealkylation sites (N-methyl/N-ethyl adjacent to an activating group) is 1. The topological polar surface area (TPSA) is 87.2 Å². The first-order valence-corrected chi connectivity index (χ1v) is 15.7. The highest BCUT2D eigenvalue weighted by atomic mass is 19.3. The van der Waals surface area contributed by atoms with Crippen molar-refractivity contribution in [2.75, 3.05) is 58.9 Å². The number of alkyl halides is 2. The van der Waals surface area contributed by atoms with E-state index in [0.29, 0.717) is 51.9 Å². The number of benzene rings is 1. The average Bonchev–Trinajstić information content (AvgIpc) is 3.47. The van der Waals surface area contributed by atoms with Gasteiger partial charge < -0.3 is 19.9 Å². The molecular weight excluding hydrogens is 573 g/mol. The zero-order chi connectivity index (χ0) is 31.5. The number of carboxylic acids is 1. The second kappa shape index (κ2) is 13.6. The molecule has 2 N–H and O–H groups in total. The Bertz CT molecular complexity index is 1320. The molecule has 1 aromatic heterocycles. The summed E-state index contributed by atoms with van der Waals surface area (Å²) in [7, 11) is 3.00. The van der Waals surface area contributed by atoms with Crippen LogP contribution in [-0.4, -0.2) is 91.4 Å². The third-order valence-corrected chi connectivity index (χ3v) is 9.69. The number of carbonyl (C=O) groups is 1. The molecule has 2 aromatic rings. The van der Waals surface area contributed by atoms with Crippen molar-refractivity contribution in [3.8, 4) is 5.75 Å². The molecule has 2 fully saturated rings. The van der Waals surface area contributed by atoms with E-state index in [0.717, 1.165) is 36.5 Å². The van der Waals surface area contributed by atoms with Gasteiger partial charge in [0, 0.05) is 56.6 Å². The Labute approximate surface area is 257 Å². The first-order chi connectivity index (χ1) is 21.0. The molecule has 0 unspecified atom stereocenters. The highest BCUT2D eigenvalue weighted by molar-refractivity contribution is 5.77. The number of aliphatic carboxylic acids is 1. The molecule has 2 atom stereocenters. The Morgan fingerprint density at radius 3 is 2.82 bits per heavy atom. The predicted octanol–water partition coefficient (Wildman–Crippen LogP) is 5.45.